The maximum absolute atomic E-state index is 11.3. The first-order valence-electron chi connectivity index (χ1n) is 6.10. The molecule has 10 heteroatoms. The van der Waals surface area contributed by atoms with Gasteiger partial charge in [-0.05, 0) is 0 Å². The molecule has 2 saturated heterocycles. The zero-order valence-electron chi connectivity index (χ0n) is 11.1. The van der Waals surface area contributed by atoms with Crippen LogP contribution in [0.2, 0.25) is 0 Å². The fraction of sp³-hybridized carbons (Fsp3) is 0.333. The summed E-state index contributed by atoms with van der Waals surface area (Å²) < 4.78 is 0. The molecule has 22 heavy (non-hydrogen) atoms. The first-order chi connectivity index (χ1) is 10.4. The minimum absolute atomic E-state index is 0.0424. The Morgan fingerprint density at radius 3 is 1.68 bits per heavy atom. The first-order valence-corrected chi connectivity index (χ1v) is 6.10. The van der Waals surface area contributed by atoms with Gasteiger partial charge >= 0.3 is 11.9 Å². The number of carbonyl (C=O) groups is 5. The maximum Gasteiger partial charge on any atom is 0.409 e. The average molecular weight is 307 g/mol. The zero-order chi connectivity index (χ0) is 16.3. The van der Waals surface area contributed by atoms with E-state index in [1.165, 1.54) is 0 Å². The molecule has 3 amide bonds. The monoisotopic (exact) mass is 307 g/mol. The van der Waals surface area contributed by atoms with Crippen LogP contribution in [-0.2, 0) is 33.6 Å². The van der Waals surface area contributed by atoms with Crippen LogP contribution in [0.25, 0.3) is 0 Å². The van der Waals surface area contributed by atoms with Crippen LogP contribution in [0.1, 0.15) is 25.7 Å². The molecule has 2 aliphatic heterocycles. The Bertz CT molecular complexity index is 571. The number of amides is 3. The molecule has 0 radical (unpaired) electrons. The van der Waals surface area contributed by atoms with Crippen molar-refractivity contribution in [1.29, 1.82) is 5.41 Å². The summed E-state index contributed by atoms with van der Waals surface area (Å²) in [5.41, 5.74) is 0. The number of hydroxylamine groups is 4. The lowest BCUT2D eigenvalue weighted by molar-refractivity contribution is -0.193. The van der Waals surface area contributed by atoms with Crippen molar-refractivity contribution in [3.05, 3.63) is 0 Å². The molecule has 0 unspecified atom stereocenters. The van der Waals surface area contributed by atoms with Gasteiger partial charge < -0.3 is 9.68 Å². The van der Waals surface area contributed by atoms with Gasteiger partial charge in [0.2, 0.25) is 0 Å². The lowest BCUT2D eigenvalue weighted by atomic mass is 10.4. The standard InChI is InChI=1S/C12H9N3O7/c13-7-1-2-8(16)14(7)21-11(19)5-6-12(20)22-15-9(17)3-4-10(15)18/h13H,1-4H2. The summed E-state index contributed by atoms with van der Waals surface area (Å²) >= 11 is 0. The molecule has 0 bridgehead atoms. The van der Waals surface area contributed by atoms with E-state index in [9.17, 15) is 24.0 Å². The van der Waals surface area contributed by atoms with Crippen molar-refractivity contribution in [3.8, 4) is 11.8 Å². The molecule has 1 N–H and O–H groups in total. The molecule has 2 heterocycles. The molecule has 0 aromatic heterocycles. The smallest absolute Gasteiger partial charge is 0.319 e. The molecule has 0 spiro atoms. The third kappa shape index (κ3) is 3.26. The zero-order valence-corrected chi connectivity index (χ0v) is 11.1. The fourth-order valence-electron chi connectivity index (χ4n) is 1.66. The van der Waals surface area contributed by atoms with Crippen LogP contribution in [0.15, 0.2) is 0 Å². The predicted molar refractivity (Wildman–Crippen MR) is 64.9 cm³/mol. The highest BCUT2D eigenvalue weighted by atomic mass is 16.7. The predicted octanol–water partition coefficient (Wildman–Crippen LogP) is -1.35. The van der Waals surface area contributed by atoms with Crippen molar-refractivity contribution in [2.45, 2.75) is 25.7 Å². The van der Waals surface area contributed by atoms with E-state index in [0.717, 1.165) is 0 Å². The van der Waals surface area contributed by atoms with Crippen molar-refractivity contribution in [1.82, 2.24) is 10.1 Å². The summed E-state index contributed by atoms with van der Waals surface area (Å²) in [6.45, 7) is 0. The number of imide groups is 1. The average Bonchev–Trinajstić information content (AvgIpc) is 2.95. The molecule has 0 aliphatic carbocycles. The van der Waals surface area contributed by atoms with Gasteiger partial charge in [0.05, 0.1) is 0 Å². The van der Waals surface area contributed by atoms with Crippen molar-refractivity contribution in [2.24, 2.45) is 0 Å². The lowest BCUT2D eigenvalue weighted by Crippen LogP contribution is -2.32. The van der Waals surface area contributed by atoms with Gasteiger partial charge in [0, 0.05) is 37.5 Å². The number of amidine groups is 1. The second-order valence-electron chi connectivity index (χ2n) is 4.22. The molecule has 114 valence electrons. The third-order valence-electron chi connectivity index (χ3n) is 2.67. The summed E-state index contributed by atoms with van der Waals surface area (Å²) in [7, 11) is 0. The maximum atomic E-state index is 11.3. The summed E-state index contributed by atoms with van der Waals surface area (Å²) in [6.07, 6.45) is 0.0447. The molecule has 10 nitrogen and oxygen atoms in total. The lowest BCUT2D eigenvalue weighted by Gasteiger charge is -2.11. The number of nitrogens with zero attached hydrogens (tertiary/aromatic N) is 2. The van der Waals surface area contributed by atoms with Gasteiger partial charge in [0.25, 0.3) is 17.7 Å². The summed E-state index contributed by atoms with van der Waals surface area (Å²) in [4.78, 5) is 65.1. The van der Waals surface area contributed by atoms with E-state index in [-0.39, 0.29) is 36.6 Å². The van der Waals surface area contributed by atoms with Crippen LogP contribution >= 0.6 is 0 Å². The minimum atomic E-state index is -1.30. The number of hydrogen-bond acceptors (Lipinski definition) is 8. The van der Waals surface area contributed by atoms with Crippen LogP contribution in [-0.4, -0.2) is 45.6 Å². The molecule has 0 aromatic carbocycles. The third-order valence-corrected chi connectivity index (χ3v) is 2.67. The van der Waals surface area contributed by atoms with E-state index in [1.54, 1.807) is 11.8 Å². The van der Waals surface area contributed by atoms with Crippen LogP contribution < -0.4 is 0 Å². The Balaban J connectivity index is 1.89. The van der Waals surface area contributed by atoms with Crippen LogP contribution in [0, 0.1) is 17.3 Å². The molecule has 0 saturated carbocycles. The molecule has 2 aliphatic rings. The van der Waals surface area contributed by atoms with Gasteiger partial charge in [0.1, 0.15) is 5.84 Å². The summed E-state index contributed by atoms with van der Waals surface area (Å²) in [5, 5.41) is 8.11. The highest BCUT2D eigenvalue weighted by Crippen LogP contribution is 2.13. The van der Waals surface area contributed by atoms with Crippen molar-refractivity contribution >= 4 is 35.5 Å². The highest BCUT2D eigenvalue weighted by Gasteiger charge is 2.33. The minimum Gasteiger partial charge on any atom is -0.319 e. The topological polar surface area (TPSA) is 134 Å². The van der Waals surface area contributed by atoms with Gasteiger partial charge in [-0.15, -0.1) is 10.1 Å². The van der Waals surface area contributed by atoms with Crippen molar-refractivity contribution in [3.63, 3.8) is 0 Å². The van der Waals surface area contributed by atoms with Crippen LogP contribution in [0.5, 0.6) is 0 Å². The van der Waals surface area contributed by atoms with E-state index in [4.69, 9.17) is 5.41 Å². The van der Waals surface area contributed by atoms with E-state index >= 15 is 0 Å². The van der Waals surface area contributed by atoms with E-state index in [0.29, 0.717) is 5.06 Å². The Morgan fingerprint density at radius 1 is 0.818 bits per heavy atom. The quantitative estimate of drug-likeness (QED) is 0.492. The van der Waals surface area contributed by atoms with E-state index < -0.39 is 29.7 Å². The molecule has 0 atom stereocenters. The summed E-state index contributed by atoms with van der Waals surface area (Å²) in [6, 6.07) is 0. The Morgan fingerprint density at radius 2 is 1.23 bits per heavy atom. The fourth-order valence-corrected chi connectivity index (χ4v) is 1.66. The molecular weight excluding hydrogens is 298 g/mol. The normalized spacial score (nSPS) is 17.5. The van der Waals surface area contributed by atoms with Gasteiger partial charge in [0.15, 0.2) is 0 Å². The van der Waals surface area contributed by atoms with Gasteiger partial charge in [-0.2, -0.15) is 0 Å². The first kappa shape index (κ1) is 15.2. The summed E-state index contributed by atoms with van der Waals surface area (Å²) in [5.74, 6) is -1.25. The van der Waals surface area contributed by atoms with Crippen LogP contribution in [0.3, 0.4) is 0 Å². The SMILES string of the molecule is N=C1CCC(=O)N1OC(=O)C#CC(=O)ON1C(=O)CCC1=O. The Hall–Kier alpha value is -3.22. The number of rotatable bonds is 2. The number of hydrogen-bond donors (Lipinski definition) is 1. The molecule has 2 rings (SSSR count). The second-order valence-corrected chi connectivity index (χ2v) is 4.22. The van der Waals surface area contributed by atoms with E-state index in [2.05, 4.69) is 9.68 Å². The molecule has 0 aromatic rings. The van der Waals surface area contributed by atoms with Gasteiger partial charge in [-0.25, -0.2) is 9.59 Å². The Labute approximate surface area is 123 Å². The largest absolute Gasteiger partial charge is 0.409 e. The van der Waals surface area contributed by atoms with E-state index in [1.807, 2.05) is 0 Å². The highest BCUT2D eigenvalue weighted by molar-refractivity contribution is 6.05. The molecule has 2 fully saturated rings. The molecular formula is C12H9N3O7. The van der Waals surface area contributed by atoms with Crippen molar-refractivity contribution < 1.29 is 33.6 Å². The Kier molecular flexibility index (Phi) is 4.17. The van der Waals surface area contributed by atoms with Crippen LogP contribution in [0.4, 0.5) is 0 Å². The van der Waals surface area contributed by atoms with Crippen molar-refractivity contribution in [2.75, 3.05) is 0 Å². The number of carbonyl (C=O) groups excluding carboxylic acids is 5. The second kappa shape index (κ2) is 6.04. The van der Waals surface area contributed by atoms with Gasteiger partial charge in [-0.3, -0.25) is 19.8 Å². The van der Waals surface area contributed by atoms with Gasteiger partial charge in [-0.1, -0.05) is 0 Å². The number of nitrogens with one attached hydrogen (secondary N) is 1.